The number of aliphatic imine (C=N–C) groups is 1. The van der Waals surface area contributed by atoms with E-state index in [1.54, 1.807) is 12.3 Å². The molecule has 0 fully saturated rings. The molecule has 0 spiro atoms. The van der Waals surface area contributed by atoms with Crippen molar-refractivity contribution in [2.45, 2.75) is 13.8 Å². The van der Waals surface area contributed by atoms with Gasteiger partial charge in [0.25, 0.3) is 0 Å². The number of fused-ring (bicyclic) bond motifs is 1. The number of hydrogen-bond acceptors (Lipinski definition) is 8. The standard InChI is InChI=1S/C11H13ClN4O4/c1-7(17)19-5-9-3-10(12)16-11(13-9)4-15(14-16)6-20-8(2)18/h3-4,14H,5-6H2,1-2H3. The van der Waals surface area contributed by atoms with Crippen molar-refractivity contribution in [3.8, 4) is 0 Å². The zero-order chi connectivity index (χ0) is 14.7. The maximum atomic E-state index is 10.8. The number of nitrogens with one attached hydrogen (secondary N) is 1. The van der Waals surface area contributed by atoms with E-state index in [4.69, 9.17) is 21.1 Å². The summed E-state index contributed by atoms with van der Waals surface area (Å²) >= 11 is 6.08. The topological polar surface area (TPSA) is 83.5 Å². The van der Waals surface area contributed by atoms with E-state index in [0.717, 1.165) is 0 Å². The van der Waals surface area contributed by atoms with Gasteiger partial charge in [0, 0.05) is 19.9 Å². The van der Waals surface area contributed by atoms with E-state index in [9.17, 15) is 9.59 Å². The third-order valence-electron chi connectivity index (χ3n) is 2.32. The number of rotatable bonds is 4. The molecule has 20 heavy (non-hydrogen) atoms. The minimum Gasteiger partial charge on any atom is -0.459 e. The number of carbonyl (C=O) groups excluding carboxylic acids is 2. The summed E-state index contributed by atoms with van der Waals surface area (Å²) in [4.78, 5) is 25.8. The molecule has 0 aromatic carbocycles. The third-order valence-corrected chi connectivity index (χ3v) is 2.59. The molecule has 1 N–H and O–H groups in total. The number of nitrogens with zero attached hydrogens (tertiary/aromatic N) is 3. The highest BCUT2D eigenvalue weighted by Gasteiger charge is 2.27. The molecule has 0 amide bonds. The lowest BCUT2D eigenvalue weighted by molar-refractivity contribution is -0.146. The molecule has 2 rings (SSSR count). The summed E-state index contributed by atoms with van der Waals surface area (Å²) in [6.45, 7) is 2.70. The molecule has 0 bridgehead atoms. The monoisotopic (exact) mass is 300 g/mol. The Hall–Kier alpha value is -2.06. The molecule has 0 radical (unpaired) electrons. The first kappa shape index (κ1) is 14.4. The van der Waals surface area contributed by atoms with E-state index in [-0.39, 0.29) is 13.3 Å². The summed E-state index contributed by atoms with van der Waals surface area (Å²) in [7, 11) is 0. The molecule has 2 heterocycles. The predicted octanol–water partition coefficient (Wildman–Crippen LogP) is 0.441. The fourth-order valence-corrected chi connectivity index (χ4v) is 1.75. The van der Waals surface area contributed by atoms with Crippen LogP contribution in [0.15, 0.2) is 28.2 Å². The molecule has 0 aromatic rings. The Bertz CT molecular complexity index is 529. The first-order valence-electron chi connectivity index (χ1n) is 5.72. The number of halogens is 1. The number of esters is 2. The molecular weight excluding hydrogens is 288 g/mol. The van der Waals surface area contributed by atoms with Gasteiger partial charge >= 0.3 is 11.9 Å². The average Bonchev–Trinajstić information content (AvgIpc) is 2.77. The lowest BCUT2D eigenvalue weighted by atomic mass is 10.3. The molecule has 9 heteroatoms. The van der Waals surface area contributed by atoms with Gasteiger partial charge in [-0.3, -0.25) is 14.6 Å². The molecule has 2 aliphatic rings. The van der Waals surface area contributed by atoms with E-state index < -0.39 is 11.9 Å². The van der Waals surface area contributed by atoms with Gasteiger partial charge in [0.05, 0.1) is 11.9 Å². The summed E-state index contributed by atoms with van der Waals surface area (Å²) in [6.07, 6.45) is 3.19. The van der Waals surface area contributed by atoms with Gasteiger partial charge in [0.1, 0.15) is 11.8 Å². The highest BCUT2D eigenvalue weighted by Crippen LogP contribution is 2.24. The Labute approximate surface area is 120 Å². The molecule has 0 saturated carbocycles. The smallest absolute Gasteiger partial charge is 0.304 e. The quantitative estimate of drug-likeness (QED) is 0.596. The van der Waals surface area contributed by atoms with Gasteiger partial charge in [-0.2, -0.15) is 0 Å². The summed E-state index contributed by atoms with van der Waals surface area (Å²) < 4.78 is 9.71. The van der Waals surface area contributed by atoms with Crippen molar-refractivity contribution >= 4 is 29.3 Å². The van der Waals surface area contributed by atoms with Gasteiger partial charge in [-0.1, -0.05) is 11.6 Å². The highest BCUT2D eigenvalue weighted by molar-refractivity contribution is 6.31. The first-order chi connectivity index (χ1) is 9.45. The molecule has 108 valence electrons. The van der Waals surface area contributed by atoms with Gasteiger partial charge in [0.2, 0.25) is 0 Å². The number of carbonyl (C=O) groups is 2. The number of hydrogen-bond donors (Lipinski definition) is 1. The Balaban J connectivity index is 2.03. The maximum absolute atomic E-state index is 10.8. The van der Waals surface area contributed by atoms with E-state index >= 15 is 0 Å². The Morgan fingerprint density at radius 1 is 1.35 bits per heavy atom. The Morgan fingerprint density at radius 2 is 2.05 bits per heavy atom. The van der Waals surface area contributed by atoms with Gasteiger partial charge in [-0.05, 0) is 0 Å². The second-order valence-electron chi connectivity index (χ2n) is 4.01. The van der Waals surface area contributed by atoms with Crippen molar-refractivity contribution in [1.82, 2.24) is 15.6 Å². The van der Waals surface area contributed by atoms with Crippen LogP contribution in [-0.2, 0) is 19.1 Å². The molecule has 0 aromatic heterocycles. The van der Waals surface area contributed by atoms with Crippen LogP contribution < -0.4 is 5.53 Å². The second-order valence-corrected chi connectivity index (χ2v) is 4.40. The van der Waals surface area contributed by atoms with E-state index in [1.165, 1.54) is 23.9 Å². The van der Waals surface area contributed by atoms with Crippen molar-refractivity contribution in [1.29, 1.82) is 0 Å². The molecule has 0 aliphatic carbocycles. The highest BCUT2D eigenvalue weighted by atomic mass is 35.5. The van der Waals surface area contributed by atoms with Crippen LogP contribution in [0.25, 0.3) is 0 Å². The first-order valence-corrected chi connectivity index (χ1v) is 6.10. The van der Waals surface area contributed by atoms with Crippen molar-refractivity contribution < 1.29 is 19.1 Å². The molecule has 0 atom stereocenters. The second kappa shape index (κ2) is 5.93. The van der Waals surface area contributed by atoms with Crippen molar-refractivity contribution in [3.05, 3.63) is 23.3 Å². The molecule has 0 saturated heterocycles. The minimum absolute atomic E-state index is 0.0221. The van der Waals surface area contributed by atoms with Crippen LogP contribution in [0.2, 0.25) is 0 Å². The molecule has 0 unspecified atom stereocenters. The minimum atomic E-state index is -0.394. The van der Waals surface area contributed by atoms with E-state index in [1.807, 2.05) is 0 Å². The summed E-state index contributed by atoms with van der Waals surface area (Å²) in [5.74, 6) is -0.280. The van der Waals surface area contributed by atoms with Gasteiger partial charge in [-0.15, -0.1) is 5.53 Å². The average molecular weight is 301 g/mol. The third kappa shape index (κ3) is 3.49. The van der Waals surface area contributed by atoms with Crippen LogP contribution in [0.1, 0.15) is 13.8 Å². The summed E-state index contributed by atoms with van der Waals surface area (Å²) in [5.41, 5.74) is 3.38. The lowest BCUT2D eigenvalue weighted by Gasteiger charge is -2.24. The van der Waals surface area contributed by atoms with Crippen LogP contribution >= 0.6 is 11.6 Å². The van der Waals surface area contributed by atoms with Crippen LogP contribution in [0.5, 0.6) is 0 Å². The van der Waals surface area contributed by atoms with E-state index in [0.29, 0.717) is 16.7 Å². The van der Waals surface area contributed by atoms with Gasteiger partial charge < -0.3 is 9.47 Å². The lowest BCUT2D eigenvalue weighted by Crippen LogP contribution is -2.41. The SMILES string of the molecule is CC(=O)OCC1=NC2=CN(COC(C)=O)NN2C(Cl)=C1. The zero-order valence-electron chi connectivity index (χ0n) is 10.9. The molecule has 2 aliphatic heterocycles. The molecular formula is C11H13ClN4O4. The van der Waals surface area contributed by atoms with E-state index in [2.05, 4.69) is 10.5 Å². The van der Waals surface area contributed by atoms with Gasteiger partial charge in [-0.25, -0.2) is 10.0 Å². The normalized spacial score (nSPS) is 17.1. The predicted molar refractivity (Wildman–Crippen MR) is 69.5 cm³/mol. The van der Waals surface area contributed by atoms with Crippen molar-refractivity contribution in [2.75, 3.05) is 13.3 Å². The fourth-order valence-electron chi connectivity index (χ4n) is 1.50. The van der Waals surface area contributed by atoms with Crippen LogP contribution in [0.4, 0.5) is 0 Å². The summed E-state index contributed by atoms with van der Waals surface area (Å²) in [5, 5.41) is 3.37. The Kier molecular flexibility index (Phi) is 4.26. The maximum Gasteiger partial charge on any atom is 0.304 e. The summed E-state index contributed by atoms with van der Waals surface area (Å²) in [6, 6.07) is 0. The largest absolute Gasteiger partial charge is 0.459 e. The molecule has 8 nitrogen and oxygen atoms in total. The van der Waals surface area contributed by atoms with Gasteiger partial charge in [0.15, 0.2) is 12.6 Å². The number of hydrazine groups is 2. The van der Waals surface area contributed by atoms with Crippen LogP contribution in [0, 0.1) is 0 Å². The number of ether oxygens (including phenoxy) is 2. The van der Waals surface area contributed by atoms with Crippen molar-refractivity contribution in [3.63, 3.8) is 0 Å². The van der Waals surface area contributed by atoms with Crippen LogP contribution in [-0.4, -0.2) is 41.0 Å². The Morgan fingerprint density at radius 3 is 2.70 bits per heavy atom. The zero-order valence-corrected chi connectivity index (χ0v) is 11.7. The van der Waals surface area contributed by atoms with Crippen molar-refractivity contribution in [2.24, 2.45) is 4.99 Å². The van der Waals surface area contributed by atoms with Crippen LogP contribution in [0.3, 0.4) is 0 Å². The fraction of sp³-hybridized carbons (Fsp3) is 0.364.